The zero-order chi connectivity index (χ0) is 41.4. The van der Waals surface area contributed by atoms with Gasteiger partial charge in [-0.2, -0.15) is 9.97 Å². The van der Waals surface area contributed by atoms with Gasteiger partial charge in [-0.05, 0) is 83.9 Å². The van der Waals surface area contributed by atoms with Crippen molar-refractivity contribution in [1.29, 1.82) is 0 Å². The van der Waals surface area contributed by atoms with Gasteiger partial charge in [0, 0.05) is 56.4 Å². The molecule has 8 heteroatoms. The molecule has 6 heterocycles. The molecule has 0 fully saturated rings. The number of para-hydroxylation sites is 2. The maximum absolute atomic E-state index is 5.13. The summed E-state index contributed by atoms with van der Waals surface area (Å²) in [7, 11) is 0. The summed E-state index contributed by atoms with van der Waals surface area (Å²) in [5.74, 6) is 1.82. The van der Waals surface area contributed by atoms with Gasteiger partial charge in [0.25, 0.3) is 0 Å². The third-order valence-corrected chi connectivity index (χ3v) is 12.2. The fourth-order valence-electron chi connectivity index (χ4n) is 9.39. The van der Waals surface area contributed by atoms with E-state index in [1.165, 1.54) is 10.8 Å². The van der Waals surface area contributed by atoms with Crippen LogP contribution in [0, 0.1) is 0 Å². The number of pyridine rings is 2. The first-order valence-electron chi connectivity index (χ1n) is 21.0. The fraction of sp³-hybridized carbons (Fsp3) is 0. The minimum atomic E-state index is 0.572. The van der Waals surface area contributed by atoms with Crippen LogP contribution >= 0.6 is 0 Å². The van der Waals surface area contributed by atoms with Crippen molar-refractivity contribution >= 4 is 65.7 Å². The SMILES string of the molecule is c1ccc(-c2nc(-c3ccccc3)nc(-n3c4ccccc4c4cc(-c5ccc6c7ccccc7n(-c7cccc(-n8c9cccnc9c9ncccc98)c7)c6c5)ccc43)n2)cc1. The molecule has 13 rings (SSSR count). The van der Waals surface area contributed by atoms with Crippen molar-refractivity contribution < 1.29 is 0 Å². The Hall–Kier alpha value is -8.75. The Labute approximate surface area is 360 Å². The first-order chi connectivity index (χ1) is 31.2. The summed E-state index contributed by atoms with van der Waals surface area (Å²) in [6.45, 7) is 0. The Morgan fingerprint density at radius 2 is 0.778 bits per heavy atom. The van der Waals surface area contributed by atoms with Gasteiger partial charge in [0.15, 0.2) is 11.6 Å². The highest BCUT2D eigenvalue weighted by molar-refractivity contribution is 6.12. The molecule has 0 atom stereocenters. The normalized spacial score (nSPS) is 11.8. The lowest BCUT2D eigenvalue weighted by Gasteiger charge is -2.13. The lowest BCUT2D eigenvalue weighted by atomic mass is 10.0. The van der Waals surface area contributed by atoms with E-state index in [2.05, 4.69) is 135 Å². The van der Waals surface area contributed by atoms with Crippen LogP contribution in [0.2, 0.25) is 0 Å². The second-order valence-corrected chi connectivity index (χ2v) is 15.8. The average molecular weight is 807 g/mol. The molecule has 0 saturated heterocycles. The molecule has 0 unspecified atom stereocenters. The summed E-state index contributed by atoms with van der Waals surface area (Å²) in [4.78, 5) is 24.7. The van der Waals surface area contributed by atoms with E-state index in [9.17, 15) is 0 Å². The molecule has 0 bridgehead atoms. The molecule has 0 aliphatic carbocycles. The Morgan fingerprint density at radius 3 is 1.43 bits per heavy atom. The van der Waals surface area contributed by atoms with Crippen LogP contribution in [-0.4, -0.2) is 38.6 Å². The molecule has 7 aromatic carbocycles. The molecule has 0 spiro atoms. The first-order valence-corrected chi connectivity index (χ1v) is 21.0. The molecule has 8 nitrogen and oxygen atoms in total. The lowest BCUT2D eigenvalue weighted by Crippen LogP contribution is -2.06. The number of fused-ring (bicyclic) bond motifs is 9. The second-order valence-electron chi connectivity index (χ2n) is 15.8. The van der Waals surface area contributed by atoms with Gasteiger partial charge < -0.3 is 9.13 Å². The van der Waals surface area contributed by atoms with Crippen molar-refractivity contribution in [3.05, 3.63) is 207 Å². The van der Waals surface area contributed by atoms with Crippen LogP contribution in [0.3, 0.4) is 0 Å². The van der Waals surface area contributed by atoms with Gasteiger partial charge in [0.05, 0.1) is 33.1 Å². The Balaban J connectivity index is 0.984. The Bertz CT molecular complexity index is 3810. The quantitative estimate of drug-likeness (QED) is 0.167. The number of hydrogen-bond donors (Lipinski definition) is 0. The fourth-order valence-corrected chi connectivity index (χ4v) is 9.39. The van der Waals surface area contributed by atoms with E-state index in [1.807, 2.05) is 85.2 Å². The van der Waals surface area contributed by atoms with Crippen LogP contribution in [0.4, 0.5) is 0 Å². The molecule has 0 aliphatic heterocycles. The highest BCUT2D eigenvalue weighted by Gasteiger charge is 2.20. The number of aromatic nitrogens is 8. The molecule has 0 aliphatic rings. The van der Waals surface area contributed by atoms with E-state index in [0.29, 0.717) is 17.6 Å². The van der Waals surface area contributed by atoms with Crippen LogP contribution < -0.4 is 0 Å². The van der Waals surface area contributed by atoms with Crippen molar-refractivity contribution in [3.63, 3.8) is 0 Å². The summed E-state index contributed by atoms with van der Waals surface area (Å²) in [6.07, 6.45) is 3.67. The van der Waals surface area contributed by atoms with Crippen LogP contribution in [0.25, 0.3) is 117 Å². The average Bonchev–Trinajstić information content (AvgIpc) is 4.00. The molecule has 0 radical (unpaired) electrons. The third-order valence-electron chi connectivity index (χ3n) is 12.2. The van der Waals surface area contributed by atoms with Crippen LogP contribution in [0.5, 0.6) is 0 Å². The summed E-state index contributed by atoms with van der Waals surface area (Å²) < 4.78 is 6.83. The van der Waals surface area contributed by atoms with Gasteiger partial charge in [-0.15, -0.1) is 0 Å². The van der Waals surface area contributed by atoms with Gasteiger partial charge in [-0.3, -0.25) is 14.5 Å². The monoisotopic (exact) mass is 806 g/mol. The zero-order valence-corrected chi connectivity index (χ0v) is 33.7. The summed E-state index contributed by atoms with van der Waals surface area (Å²) in [6, 6.07) is 68.0. The highest BCUT2D eigenvalue weighted by atomic mass is 15.2. The number of rotatable bonds is 6. The largest absolute Gasteiger partial charge is 0.309 e. The summed E-state index contributed by atoms with van der Waals surface area (Å²) in [5.41, 5.74) is 14.4. The van der Waals surface area contributed by atoms with E-state index in [-0.39, 0.29) is 0 Å². The van der Waals surface area contributed by atoms with Crippen molar-refractivity contribution in [2.75, 3.05) is 0 Å². The molecular formula is C55H34N8. The predicted molar refractivity (Wildman–Crippen MR) is 255 cm³/mol. The lowest BCUT2D eigenvalue weighted by molar-refractivity contribution is 0.953. The smallest absolute Gasteiger partial charge is 0.238 e. The van der Waals surface area contributed by atoms with Gasteiger partial charge >= 0.3 is 0 Å². The Morgan fingerprint density at radius 1 is 0.286 bits per heavy atom. The van der Waals surface area contributed by atoms with E-state index in [0.717, 1.165) is 88.5 Å². The van der Waals surface area contributed by atoms with E-state index in [4.69, 9.17) is 24.9 Å². The highest BCUT2D eigenvalue weighted by Crippen LogP contribution is 2.39. The van der Waals surface area contributed by atoms with Crippen LogP contribution in [0.15, 0.2) is 207 Å². The molecule has 0 amide bonds. The zero-order valence-electron chi connectivity index (χ0n) is 33.7. The van der Waals surface area contributed by atoms with E-state index in [1.54, 1.807) is 0 Å². The number of benzene rings is 7. The standard InChI is InChI=1S/C55H34N8/c1-3-14-35(15-4-1)53-58-54(36-16-5-2-6-17-36)60-55(59-53)63-46-23-10-8-21-42(46)44-32-37(27-29-47(44)63)38-26-28-43-41-20-7-9-22-45(41)61(50(43)33-38)39-18-11-19-40(34-39)62-48-24-12-30-56-51(48)52-49(62)25-13-31-57-52/h1-34H. The van der Waals surface area contributed by atoms with Crippen molar-refractivity contribution in [2.24, 2.45) is 0 Å². The summed E-state index contributed by atoms with van der Waals surface area (Å²) in [5, 5.41) is 4.64. The van der Waals surface area contributed by atoms with Gasteiger partial charge in [-0.1, -0.05) is 121 Å². The molecule has 63 heavy (non-hydrogen) atoms. The first kappa shape index (κ1) is 35.0. The van der Waals surface area contributed by atoms with E-state index >= 15 is 0 Å². The third kappa shape index (κ3) is 5.52. The second kappa shape index (κ2) is 13.9. The number of nitrogens with zero attached hydrogens (tertiary/aromatic N) is 8. The predicted octanol–water partition coefficient (Wildman–Crippen LogP) is 13.0. The molecule has 6 aromatic heterocycles. The molecule has 0 N–H and O–H groups in total. The van der Waals surface area contributed by atoms with Gasteiger partial charge in [0.1, 0.15) is 11.0 Å². The van der Waals surface area contributed by atoms with Crippen molar-refractivity contribution in [2.45, 2.75) is 0 Å². The maximum atomic E-state index is 5.13. The topological polar surface area (TPSA) is 79.2 Å². The molecule has 13 aromatic rings. The van der Waals surface area contributed by atoms with Crippen LogP contribution in [-0.2, 0) is 0 Å². The molecule has 294 valence electrons. The number of hydrogen-bond acceptors (Lipinski definition) is 5. The van der Waals surface area contributed by atoms with Crippen molar-refractivity contribution in [3.8, 4) is 51.2 Å². The summed E-state index contributed by atoms with van der Waals surface area (Å²) >= 11 is 0. The van der Waals surface area contributed by atoms with Gasteiger partial charge in [-0.25, -0.2) is 4.98 Å². The van der Waals surface area contributed by atoms with E-state index < -0.39 is 0 Å². The molecule has 0 saturated carbocycles. The minimum absolute atomic E-state index is 0.572. The Kier molecular flexibility index (Phi) is 7.74. The maximum Gasteiger partial charge on any atom is 0.238 e. The molecular weight excluding hydrogens is 773 g/mol. The minimum Gasteiger partial charge on any atom is -0.309 e. The van der Waals surface area contributed by atoms with Gasteiger partial charge in [0.2, 0.25) is 5.95 Å². The van der Waals surface area contributed by atoms with Crippen LogP contribution in [0.1, 0.15) is 0 Å². The van der Waals surface area contributed by atoms with Crippen molar-refractivity contribution in [1.82, 2.24) is 38.6 Å².